The van der Waals surface area contributed by atoms with E-state index in [9.17, 15) is 15.0 Å². The Kier molecular flexibility index (Phi) is 6.46. The van der Waals surface area contributed by atoms with Crippen molar-refractivity contribution in [3.8, 4) is 0 Å². The third-order valence-electron chi connectivity index (χ3n) is 2.54. The van der Waals surface area contributed by atoms with Gasteiger partial charge >= 0.3 is 6.09 Å². The molecule has 0 heterocycles. The summed E-state index contributed by atoms with van der Waals surface area (Å²) < 4.78 is 5.78. The number of benzene rings is 1. The lowest BCUT2D eigenvalue weighted by atomic mass is 10.0. The molecule has 0 aromatic heterocycles. The van der Waals surface area contributed by atoms with Crippen molar-refractivity contribution in [1.29, 1.82) is 0 Å². The molecule has 1 aromatic carbocycles. The first-order valence-electron chi connectivity index (χ1n) is 6.37. The summed E-state index contributed by atoms with van der Waals surface area (Å²) in [5.41, 5.74) is -0.0671. The minimum Gasteiger partial charge on any atom is -0.444 e. The number of ether oxygens (including phenoxy) is 1. The van der Waals surface area contributed by atoms with E-state index in [0.717, 1.165) is 0 Å². The van der Waals surface area contributed by atoms with E-state index in [1.54, 1.807) is 39.0 Å². The molecule has 7 heteroatoms. The summed E-state index contributed by atoms with van der Waals surface area (Å²) in [6.45, 7) is 4.71. The Morgan fingerprint density at radius 3 is 2.57 bits per heavy atom. The van der Waals surface area contributed by atoms with Crippen LogP contribution in [0.2, 0.25) is 5.02 Å². The normalized spacial score (nSPS) is 14.4. The zero-order chi connectivity index (χ0) is 16.2. The summed E-state index contributed by atoms with van der Waals surface area (Å²) in [6.07, 6.45) is -1.85. The van der Waals surface area contributed by atoms with Gasteiger partial charge in [0.2, 0.25) is 0 Å². The standard InChI is InChI=1S/C14H19BrClNO4/c1-14(2,3)21-13(20)17-12(11(19)7-18)9-5-4-8(16)6-10(9)15/h4-6,11-12,18-19H,7H2,1-3H3,(H,17,20)/t11?,12-/m1/s1. The number of aliphatic hydroxyl groups excluding tert-OH is 2. The van der Waals surface area contributed by atoms with Crippen molar-refractivity contribution in [2.75, 3.05) is 6.61 Å². The highest BCUT2D eigenvalue weighted by molar-refractivity contribution is 9.10. The first-order valence-corrected chi connectivity index (χ1v) is 7.54. The fraction of sp³-hybridized carbons (Fsp3) is 0.500. The number of carbonyl (C=O) groups is 1. The first kappa shape index (κ1) is 18.2. The molecule has 1 aromatic rings. The van der Waals surface area contributed by atoms with Crippen molar-refractivity contribution < 1.29 is 19.7 Å². The van der Waals surface area contributed by atoms with Crippen LogP contribution in [0, 0.1) is 0 Å². The number of amides is 1. The number of alkyl carbamates (subject to hydrolysis) is 1. The largest absolute Gasteiger partial charge is 0.444 e. The van der Waals surface area contributed by atoms with E-state index in [0.29, 0.717) is 15.1 Å². The van der Waals surface area contributed by atoms with Crippen molar-refractivity contribution in [3.63, 3.8) is 0 Å². The number of halogens is 2. The van der Waals surface area contributed by atoms with Crippen molar-refractivity contribution in [2.45, 2.75) is 38.5 Å². The van der Waals surface area contributed by atoms with Gasteiger partial charge in [-0.05, 0) is 38.5 Å². The van der Waals surface area contributed by atoms with Crippen molar-refractivity contribution in [3.05, 3.63) is 33.3 Å². The van der Waals surface area contributed by atoms with Crippen LogP contribution in [0.15, 0.2) is 22.7 Å². The van der Waals surface area contributed by atoms with Crippen LogP contribution in [0.3, 0.4) is 0 Å². The van der Waals surface area contributed by atoms with E-state index in [1.807, 2.05) is 0 Å². The molecule has 1 amide bonds. The van der Waals surface area contributed by atoms with Crippen LogP contribution < -0.4 is 5.32 Å². The summed E-state index contributed by atoms with van der Waals surface area (Å²) in [4.78, 5) is 11.9. The monoisotopic (exact) mass is 379 g/mol. The summed E-state index contributed by atoms with van der Waals surface area (Å²) in [5, 5.41) is 22.2. The van der Waals surface area contributed by atoms with Gasteiger partial charge in [-0.3, -0.25) is 0 Å². The van der Waals surface area contributed by atoms with Crippen LogP contribution in [0.4, 0.5) is 4.79 Å². The van der Waals surface area contributed by atoms with E-state index < -0.39 is 30.4 Å². The lowest BCUT2D eigenvalue weighted by molar-refractivity contribution is 0.0315. The minimum atomic E-state index is -1.17. The first-order chi connectivity index (χ1) is 9.64. The lowest BCUT2D eigenvalue weighted by Gasteiger charge is -2.26. The predicted octanol–water partition coefficient (Wildman–Crippen LogP) is 3.02. The summed E-state index contributed by atoms with van der Waals surface area (Å²) in [6, 6.07) is 4.12. The molecule has 3 N–H and O–H groups in total. The third kappa shape index (κ3) is 5.82. The van der Waals surface area contributed by atoms with E-state index in [1.165, 1.54) is 0 Å². The summed E-state index contributed by atoms with van der Waals surface area (Å²) >= 11 is 9.20. The Bertz CT molecular complexity index is 504. The van der Waals surface area contributed by atoms with Gasteiger partial charge in [-0.15, -0.1) is 0 Å². The maximum Gasteiger partial charge on any atom is 0.408 e. The van der Waals surface area contributed by atoms with Crippen LogP contribution in [-0.4, -0.2) is 34.6 Å². The topological polar surface area (TPSA) is 78.8 Å². The molecule has 0 radical (unpaired) electrons. The van der Waals surface area contributed by atoms with Crippen LogP contribution in [-0.2, 0) is 4.74 Å². The average molecular weight is 381 g/mol. The molecular weight excluding hydrogens is 362 g/mol. The van der Waals surface area contributed by atoms with E-state index in [4.69, 9.17) is 16.3 Å². The minimum absolute atomic E-state index is 0.504. The van der Waals surface area contributed by atoms with Crippen LogP contribution >= 0.6 is 27.5 Å². The molecule has 2 atom stereocenters. The lowest BCUT2D eigenvalue weighted by Crippen LogP contribution is -2.41. The molecule has 5 nitrogen and oxygen atoms in total. The fourth-order valence-corrected chi connectivity index (χ4v) is 2.60. The zero-order valence-corrected chi connectivity index (χ0v) is 14.4. The zero-order valence-electron chi connectivity index (χ0n) is 12.1. The van der Waals surface area contributed by atoms with Gasteiger partial charge in [0, 0.05) is 9.50 Å². The number of hydrogen-bond donors (Lipinski definition) is 3. The molecular formula is C14H19BrClNO4. The Labute approximate surface area is 137 Å². The Hall–Kier alpha value is -0.820. The third-order valence-corrected chi connectivity index (χ3v) is 3.46. The fourth-order valence-electron chi connectivity index (χ4n) is 1.67. The molecule has 0 aliphatic heterocycles. The summed E-state index contributed by atoms with van der Waals surface area (Å²) in [5.74, 6) is 0. The van der Waals surface area contributed by atoms with Gasteiger partial charge in [-0.2, -0.15) is 0 Å². The van der Waals surface area contributed by atoms with Gasteiger partial charge in [0.25, 0.3) is 0 Å². The molecule has 0 spiro atoms. The van der Waals surface area contributed by atoms with Gasteiger partial charge in [-0.1, -0.05) is 33.6 Å². The smallest absolute Gasteiger partial charge is 0.408 e. The second-order valence-corrected chi connectivity index (χ2v) is 6.83. The number of rotatable bonds is 4. The van der Waals surface area contributed by atoms with Gasteiger partial charge in [0.1, 0.15) is 11.7 Å². The van der Waals surface area contributed by atoms with Crippen molar-refractivity contribution >= 4 is 33.6 Å². The maximum atomic E-state index is 11.9. The molecule has 1 rings (SSSR count). The van der Waals surface area contributed by atoms with Crippen LogP contribution in [0.5, 0.6) is 0 Å². The molecule has 0 bridgehead atoms. The second-order valence-electron chi connectivity index (χ2n) is 5.54. The molecule has 0 saturated carbocycles. The van der Waals surface area contributed by atoms with Gasteiger partial charge in [0.15, 0.2) is 0 Å². The van der Waals surface area contributed by atoms with Crippen LogP contribution in [0.1, 0.15) is 32.4 Å². The van der Waals surface area contributed by atoms with E-state index in [2.05, 4.69) is 21.2 Å². The van der Waals surface area contributed by atoms with E-state index >= 15 is 0 Å². The molecule has 118 valence electrons. The molecule has 0 saturated heterocycles. The number of hydrogen-bond acceptors (Lipinski definition) is 4. The van der Waals surface area contributed by atoms with Gasteiger partial charge < -0.3 is 20.3 Å². The highest BCUT2D eigenvalue weighted by atomic mass is 79.9. The summed E-state index contributed by atoms with van der Waals surface area (Å²) in [7, 11) is 0. The van der Waals surface area contributed by atoms with Gasteiger partial charge in [0.05, 0.1) is 12.6 Å². The predicted molar refractivity (Wildman–Crippen MR) is 84.4 cm³/mol. The highest BCUT2D eigenvalue weighted by Crippen LogP contribution is 2.29. The Morgan fingerprint density at radius 1 is 1.48 bits per heavy atom. The molecule has 21 heavy (non-hydrogen) atoms. The molecule has 1 unspecified atom stereocenters. The highest BCUT2D eigenvalue weighted by Gasteiger charge is 2.27. The number of aliphatic hydroxyl groups is 2. The van der Waals surface area contributed by atoms with Crippen LogP contribution in [0.25, 0.3) is 0 Å². The Morgan fingerprint density at radius 2 is 2.10 bits per heavy atom. The Balaban J connectivity index is 2.99. The number of nitrogens with one attached hydrogen (secondary N) is 1. The van der Waals surface area contributed by atoms with Crippen molar-refractivity contribution in [2.24, 2.45) is 0 Å². The molecule has 0 fully saturated rings. The van der Waals surface area contributed by atoms with Gasteiger partial charge in [-0.25, -0.2) is 4.79 Å². The molecule has 0 aliphatic carbocycles. The second kappa shape index (κ2) is 7.45. The SMILES string of the molecule is CC(C)(C)OC(=O)N[C@H](c1ccc(Cl)cc1Br)C(O)CO. The average Bonchev–Trinajstić information content (AvgIpc) is 2.33. The van der Waals surface area contributed by atoms with Crippen molar-refractivity contribution in [1.82, 2.24) is 5.32 Å². The maximum absolute atomic E-state index is 11.9. The number of carbonyl (C=O) groups excluding carboxylic acids is 1. The molecule has 0 aliphatic rings. The van der Waals surface area contributed by atoms with E-state index in [-0.39, 0.29) is 0 Å². The quantitative estimate of drug-likeness (QED) is 0.750.